The Morgan fingerprint density at radius 2 is 2.30 bits per heavy atom. The van der Waals surface area contributed by atoms with E-state index in [-0.39, 0.29) is 0 Å². The van der Waals surface area contributed by atoms with Gasteiger partial charge in [0, 0.05) is 7.05 Å². The zero-order chi connectivity index (χ0) is 15.6. The molecule has 0 fully saturated rings. The lowest BCUT2D eigenvalue weighted by Crippen LogP contribution is -1.96. The Morgan fingerprint density at radius 1 is 1.35 bits per heavy atom. The molecular formula is C13H11N7OS2. The van der Waals surface area contributed by atoms with E-state index in [1.807, 2.05) is 19.2 Å². The second kappa shape index (κ2) is 5.97. The van der Waals surface area contributed by atoms with Gasteiger partial charge in [0.05, 0.1) is 24.4 Å². The summed E-state index contributed by atoms with van der Waals surface area (Å²) in [5.41, 5.74) is 0.795. The number of hydrogen-bond donors (Lipinski definition) is 1. The van der Waals surface area contributed by atoms with Gasteiger partial charge in [0.15, 0.2) is 9.99 Å². The summed E-state index contributed by atoms with van der Waals surface area (Å²) < 4.78 is 7.79. The lowest BCUT2D eigenvalue weighted by Gasteiger charge is -1.98. The molecule has 0 aromatic carbocycles. The van der Waals surface area contributed by atoms with Crippen LogP contribution in [0, 0.1) is 0 Å². The van der Waals surface area contributed by atoms with Gasteiger partial charge < -0.3 is 9.73 Å². The quantitative estimate of drug-likeness (QED) is 0.552. The van der Waals surface area contributed by atoms with Crippen LogP contribution in [-0.2, 0) is 13.6 Å². The van der Waals surface area contributed by atoms with Crippen LogP contribution in [0.4, 0.5) is 5.13 Å². The predicted molar refractivity (Wildman–Crippen MR) is 86.4 cm³/mol. The highest BCUT2D eigenvalue weighted by Gasteiger charge is 2.12. The first-order chi connectivity index (χ1) is 11.3. The van der Waals surface area contributed by atoms with Gasteiger partial charge in [-0.05, 0) is 23.9 Å². The van der Waals surface area contributed by atoms with Crippen molar-refractivity contribution in [2.24, 2.45) is 7.05 Å². The highest BCUT2D eigenvalue weighted by molar-refractivity contribution is 8.01. The van der Waals surface area contributed by atoms with Crippen molar-refractivity contribution in [3.8, 4) is 0 Å². The van der Waals surface area contributed by atoms with Crippen LogP contribution in [0.1, 0.15) is 5.76 Å². The molecule has 0 spiro atoms. The molecule has 4 aromatic heterocycles. The Morgan fingerprint density at radius 3 is 3.17 bits per heavy atom. The largest absolute Gasteiger partial charge is 0.467 e. The van der Waals surface area contributed by atoms with Gasteiger partial charge in [0.2, 0.25) is 5.13 Å². The van der Waals surface area contributed by atoms with E-state index in [9.17, 15) is 0 Å². The fourth-order valence-electron chi connectivity index (χ4n) is 2.00. The zero-order valence-corrected chi connectivity index (χ0v) is 13.6. The van der Waals surface area contributed by atoms with Crippen molar-refractivity contribution >= 4 is 39.3 Å². The van der Waals surface area contributed by atoms with E-state index in [0.29, 0.717) is 6.54 Å². The molecule has 0 aliphatic heterocycles. The van der Waals surface area contributed by atoms with Gasteiger partial charge in [-0.3, -0.25) is 4.68 Å². The summed E-state index contributed by atoms with van der Waals surface area (Å²) in [6.45, 7) is 0.576. The number of rotatable bonds is 5. The molecular weight excluding hydrogens is 334 g/mol. The van der Waals surface area contributed by atoms with Crippen LogP contribution in [0.5, 0.6) is 0 Å². The number of nitrogens with zero attached hydrogens (tertiary/aromatic N) is 6. The molecule has 10 heteroatoms. The van der Waals surface area contributed by atoms with Crippen LogP contribution < -0.4 is 5.32 Å². The summed E-state index contributed by atoms with van der Waals surface area (Å²) in [5.74, 6) is 0.849. The van der Waals surface area contributed by atoms with Gasteiger partial charge in [-0.15, -0.1) is 10.2 Å². The third-order valence-corrected chi connectivity index (χ3v) is 5.03. The van der Waals surface area contributed by atoms with E-state index in [4.69, 9.17) is 4.42 Å². The average molecular weight is 345 g/mol. The second-order valence-electron chi connectivity index (χ2n) is 4.59. The molecule has 0 saturated heterocycles. The van der Waals surface area contributed by atoms with Gasteiger partial charge >= 0.3 is 0 Å². The molecule has 0 aliphatic carbocycles. The maximum absolute atomic E-state index is 5.27. The second-order valence-corrected chi connectivity index (χ2v) is 6.81. The minimum Gasteiger partial charge on any atom is -0.467 e. The molecule has 23 heavy (non-hydrogen) atoms. The standard InChI is InChI=1S/C13H11N7OS2/c1-20-10-9(6-17-20)11(16-7-15-10)22-13-19-18-12(23-13)14-5-8-3-2-4-21-8/h2-4,6-7H,5H2,1H3,(H,14,18). The van der Waals surface area contributed by atoms with Crippen molar-refractivity contribution in [1.29, 1.82) is 0 Å². The molecule has 4 aromatic rings. The van der Waals surface area contributed by atoms with Gasteiger partial charge in [-0.25, -0.2) is 9.97 Å². The number of aryl methyl sites for hydroxylation is 1. The van der Waals surface area contributed by atoms with E-state index in [1.165, 1.54) is 29.4 Å². The highest BCUT2D eigenvalue weighted by Crippen LogP contribution is 2.33. The molecule has 116 valence electrons. The SMILES string of the molecule is Cn1ncc2c(Sc3nnc(NCc4ccco4)s3)ncnc21. The molecule has 0 bridgehead atoms. The monoisotopic (exact) mass is 345 g/mol. The Balaban J connectivity index is 1.50. The van der Waals surface area contributed by atoms with E-state index >= 15 is 0 Å². The van der Waals surface area contributed by atoms with Gasteiger partial charge in [0.25, 0.3) is 0 Å². The average Bonchev–Trinajstić information content (AvgIpc) is 3.28. The van der Waals surface area contributed by atoms with E-state index in [2.05, 4.69) is 30.6 Å². The zero-order valence-electron chi connectivity index (χ0n) is 12.0. The molecule has 8 nitrogen and oxygen atoms in total. The fraction of sp³-hybridized carbons (Fsp3) is 0.154. The van der Waals surface area contributed by atoms with Gasteiger partial charge in [-0.2, -0.15) is 5.10 Å². The minimum absolute atomic E-state index is 0.576. The first-order valence-corrected chi connectivity index (χ1v) is 8.33. The summed E-state index contributed by atoms with van der Waals surface area (Å²) >= 11 is 2.92. The van der Waals surface area contributed by atoms with Crippen LogP contribution in [0.25, 0.3) is 11.0 Å². The molecule has 1 N–H and O–H groups in total. The van der Waals surface area contributed by atoms with Crippen molar-refractivity contribution in [2.45, 2.75) is 15.9 Å². The van der Waals surface area contributed by atoms with Gasteiger partial charge in [-0.1, -0.05) is 11.3 Å². The third-order valence-electron chi connectivity index (χ3n) is 3.08. The number of nitrogens with one attached hydrogen (secondary N) is 1. The van der Waals surface area contributed by atoms with Crippen molar-refractivity contribution in [2.75, 3.05) is 5.32 Å². The Bertz CT molecular complexity index is 931. The number of fused-ring (bicyclic) bond motifs is 1. The van der Waals surface area contributed by atoms with Crippen LogP contribution in [0.3, 0.4) is 0 Å². The van der Waals surface area contributed by atoms with Crippen molar-refractivity contribution in [3.63, 3.8) is 0 Å². The number of furan rings is 1. The number of anilines is 1. The number of hydrogen-bond acceptors (Lipinski definition) is 9. The van der Waals surface area contributed by atoms with Gasteiger partial charge in [0.1, 0.15) is 17.1 Å². The normalized spacial score (nSPS) is 11.2. The highest BCUT2D eigenvalue weighted by atomic mass is 32.2. The maximum atomic E-state index is 5.27. The molecule has 4 rings (SSSR count). The van der Waals surface area contributed by atoms with E-state index in [0.717, 1.165) is 31.3 Å². The van der Waals surface area contributed by atoms with Crippen LogP contribution >= 0.6 is 23.1 Å². The third kappa shape index (κ3) is 2.90. The predicted octanol–water partition coefficient (Wildman–Crippen LogP) is 2.57. The molecule has 0 unspecified atom stereocenters. The summed E-state index contributed by atoms with van der Waals surface area (Å²) in [7, 11) is 1.85. The van der Waals surface area contributed by atoms with Crippen molar-refractivity contribution in [1.82, 2.24) is 29.9 Å². The summed E-state index contributed by atoms with van der Waals surface area (Å²) in [6.07, 6.45) is 4.94. The Hall–Kier alpha value is -2.46. The Labute approximate surface area is 139 Å². The first-order valence-electron chi connectivity index (χ1n) is 6.70. The molecule has 0 saturated carbocycles. The van der Waals surface area contributed by atoms with E-state index < -0.39 is 0 Å². The topological polar surface area (TPSA) is 94.6 Å². The lowest BCUT2D eigenvalue weighted by molar-refractivity contribution is 0.518. The van der Waals surface area contributed by atoms with Crippen molar-refractivity contribution in [3.05, 3.63) is 36.7 Å². The van der Waals surface area contributed by atoms with Crippen LogP contribution in [0.2, 0.25) is 0 Å². The minimum atomic E-state index is 0.576. The van der Waals surface area contributed by atoms with Crippen LogP contribution in [-0.4, -0.2) is 29.9 Å². The summed E-state index contributed by atoms with van der Waals surface area (Å²) in [6, 6.07) is 3.76. The summed E-state index contributed by atoms with van der Waals surface area (Å²) in [4.78, 5) is 8.54. The molecule has 0 amide bonds. The molecule has 4 heterocycles. The lowest BCUT2D eigenvalue weighted by atomic mass is 10.4. The smallest absolute Gasteiger partial charge is 0.206 e. The van der Waals surface area contributed by atoms with Crippen molar-refractivity contribution < 1.29 is 4.42 Å². The number of aromatic nitrogens is 6. The molecule has 0 radical (unpaired) electrons. The van der Waals surface area contributed by atoms with Crippen LogP contribution in [0.15, 0.2) is 44.7 Å². The fourth-order valence-corrected chi connectivity index (χ4v) is 3.72. The van der Waals surface area contributed by atoms with E-state index in [1.54, 1.807) is 17.1 Å². The maximum Gasteiger partial charge on any atom is 0.206 e. The molecule has 0 aliphatic rings. The summed E-state index contributed by atoms with van der Waals surface area (Å²) in [5, 5.41) is 18.1. The molecule has 0 atom stereocenters. The Kier molecular flexibility index (Phi) is 3.67. The first kappa shape index (κ1) is 14.2.